The number of amides is 2. The van der Waals surface area contributed by atoms with E-state index in [-0.39, 0.29) is 11.8 Å². The summed E-state index contributed by atoms with van der Waals surface area (Å²) in [4.78, 5) is 28.9. The van der Waals surface area contributed by atoms with Crippen molar-refractivity contribution in [2.24, 2.45) is 0 Å². The Labute approximate surface area is 152 Å². The van der Waals surface area contributed by atoms with Gasteiger partial charge in [-0.2, -0.15) is 0 Å². The second kappa shape index (κ2) is 8.10. The smallest absolute Gasteiger partial charge is 0.254 e. The molecular formula is C20H22FN3O2. The molecule has 0 radical (unpaired) electrons. The number of hydrogen-bond donors (Lipinski definition) is 1. The van der Waals surface area contributed by atoms with Gasteiger partial charge in [0.25, 0.3) is 5.91 Å². The summed E-state index contributed by atoms with van der Waals surface area (Å²) in [6.07, 6.45) is 0. The Kier molecular flexibility index (Phi) is 5.63. The van der Waals surface area contributed by atoms with Crippen molar-refractivity contribution in [3.63, 3.8) is 0 Å². The van der Waals surface area contributed by atoms with Gasteiger partial charge in [-0.15, -0.1) is 0 Å². The molecule has 0 aromatic heterocycles. The highest BCUT2D eigenvalue weighted by molar-refractivity contribution is 5.97. The number of carbonyl (C=O) groups excluding carboxylic acids is 2. The van der Waals surface area contributed by atoms with Crippen LogP contribution in [0.4, 0.5) is 4.39 Å². The molecule has 1 saturated heterocycles. The molecule has 1 aliphatic rings. The van der Waals surface area contributed by atoms with Crippen LogP contribution in [0.1, 0.15) is 15.9 Å². The lowest BCUT2D eigenvalue weighted by Crippen LogP contribution is -2.60. The molecule has 0 saturated carbocycles. The highest BCUT2D eigenvalue weighted by Gasteiger charge is 2.35. The van der Waals surface area contributed by atoms with Crippen LogP contribution in [-0.2, 0) is 11.3 Å². The number of nitrogens with zero attached hydrogens (tertiary/aromatic N) is 2. The Morgan fingerprint density at radius 3 is 2.42 bits per heavy atom. The Morgan fingerprint density at radius 2 is 1.77 bits per heavy atom. The highest BCUT2D eigenvalue weighted by Crippen LogP contribution is 2.17. The predicted molar refractivity (Wildman–Crippen MR) is 97.0 cm³/mol. The van der Waals surface area contributed by atoms with Crippen LogP contribution in [0.3, 0.4) is 0 Å². The summed E-state index contributed by atoms with van der Waals surface area (Å²) in [5.41, 5.74) is 1.55. The third-order valence-electron chi connectivity index (χ3n) is 4.61. The second-order valence-electron chi connectivity index (χ2n) is 6.36. The molecule has 2 amide bonds. The molecule has 136 valence electrons. The number of nitrogens with one attached hydrogen (secondary N) is 1. The van der Waals surface area contributed by atoms with Gasteiger partial charge in [0.15, 0.2) is 0 Å². The van der Waals surface area contributed by atoms with E-state index in [4.69, 9.17) is 0 Å². The maximum Gasteiger partial charge on any atom is 0.254 e. The summed E-state index contributed by atoms with van der Waals surface area (Å²) in [6.45, 7) is 2.31. The lowest BCUT2D eigenvalue weighted by Gasteiger charge is -2.40. The molecule has 0 spiro atoms. The van der Waals surface area contributed by atoms with E-state index in [1.165, 1.54) is 29.8 Å². The molecule has 2 aromatic rings. The average molecular weight is 355 g/mol. The van der Waals surface area contributed by atoms with Crippen molar-refractivity contribution >= 4 is 11.8 Å². The van der Waals surface area contributed by atoms with Crippen molar-refractivity contribution in [2.75, 3.05) is 26.7 Å². The first-order valence-electron chi connectivity index (χ1n) is 8.63. The van der Waals surface area contributed by atoms with Crippen LogP contribution in [0.15, 0.2) is 54.6 Å². The third kappa shape index (κ3) is 4.08. The van der Waals surface area contributed by atoms with Gasteiger partial charge in [-0.05, 0) is 29.8 Å². The molecule has 2 aromatic carbocycles. The van der Waals surface area contributed by atoms with Crippen molar-refractivity contribution < 1.29 is 14.0 Å². The zero-order valence-corrected chi connectivity index (χ0v) is 14.7. The number of likely N-dealkylation sites (N-methyl/N-ethyl adjacent to an activating group) is 1. The quantitative estimate of drug-likeness (QED) is 0.911. The summed E-state index contributed by atoms with van der Waals surface area (Å²) >= 11 is 0. The molecule has 1 fully saturated rings. The summed E-state index contributed by atoms with van der Waals surface area (Å²) in [6, 6.07) is 14.9. The van der Waals surface area contributed by atoms with E-state index < -0.39 is 11.9 Å². The number of rotatable bonds is 4. The van der Waals surface area contributed by atoms with Crippen molar-refractivity contribution in [3.8, 4) is 0 Å². The van der Waals surface area contributed by atoms with Gasteiger partial charge in [-0.25, -0.2) is 4.39 Å². The van der Waals surface area contributed by atoms with E-state index in [1.54, 1.807) is 11.9 Å². The van der Waals surface area contributed by atoms with Crippen LogP contribution in [0.2, 0.25) is 0 Å². The number of benzene rings is 2. The molecule has 3 rings (SSSR count). The number of hydrogen-bond acceptors (Lipinski definition) is 3. The Hall–Kier alpha value is -2.73. The van der Waals surface area contributed by atoms with Gasteiger partial charge < -0.3 is 10.2 Å². The standard InChI is InChI=1S/C20H22FN3O2/c1-22-19(25)18-14-23(13-15-5-3-2-4-6-15)11-12-24(18)20(26)16-7-9-17(21)10-8-16/h2-10,18H,11-14H2,1H3,(H,22,25)/t18-/m1/s1. The first-order chi connectivity index (χ1) is 12.6. The minimum absolute atomic E-state index is 0.196. The molecule has 5 nitrogen and oxygen atoms in total. The molecule has 1 N–H and O–H groups in total. The van der Waals surface area contributed by atoms with Crippen LogP contribution < -0.4 is 5.32 Å². The lowest BCUT2D eigenvalue weighted by molar-refractivity contribution is -0.127. The van der Waals surface area contributed by atoms with E-state index >= 15 is 0 Å². The third-order valence-corrected chi connectivity index (χ3v) is 4.61. The maximum atomic E-state index is 13.1. The van der Waals surface area contributed by atoms with Crippen LogP contribution in [0.25, 0.3) is 0 Å². The molecule has 1 heterocycles. The monoisotopic (exact) mass is 355 g/mol. The largest absolute Gasteiger partial charge is 0.357 e. The summed E-state index contributed by atoms with van der Waals surface area (Å²) in [5.74, 6) is -0.840. The fourth-order valence-corrected chi connectivity index (χ4v) is 3.22. The minimum Gasteiger partial charge on any atom is -0.357 e. The van der Waals surface area contributed by atoms with Gasteiger partial charge >= 0.3 is 0 Å². The minimum atomic E-state index is -0.574. The molecule has 26 heavy (non-hydrogen) atoms. The Morgan fingerprint density at radius 1 is 1.08 bits per heavy atom. The van der Waals surface area contributed by atoms with Gasteiger partial charge in [-0.3, -0.25) is 14.5 Å². The molecule has 0 unspecified atom stereocenters. The van der Waals surface area contributed by atoms with E-state index in [0.29, 0.717) is 25.2 Å². The van der Waals surface area contributed by atoms with E-state index in [1.807, 2.05) is 30.3 Å². The normalized spacial score (nSPS) is 17.8. The average Bonchev–Trinajstić information content (AvgIpc) is 2.68. The van der Waals surface area contributed by atoms with Crippen molar-refractivity contribution in [3.05, 3.63) is 71.5 Å². The molecule has 0 bridgehead atoms. The topological polar surface area (TPSA) is 52.7 Å². The summed E-state index contributed by atoms with van der Waals surface area (Å²) in [7, 11) is 1.57. The van der Waals surface area contributed by atoms with Gasteiger partial charge in [0, 0.05) is 38.8 Å². The van der Waals surface area contributed by atoms with Crippen LogP contribution in [0.5, 0.6) is 0 Å². The zero-order chi connectivity index (χ0) is 18.5. The van der Waals surface area contributed by atoms with Crippen LogP contribution in [-0.4, -0.2) is 54.3 Å². The number of halogens is 1. The van der Waals surface area contributed by atoms with Gasteiger partial charge in [0.05, 0.1) is 0 Å². The molecular weight excluding hydrogens is 333 g/mol. The Bertz CT molecular complexity index is 764. The van der Waals surface area contributed by atoms with Crippen LogP contribution >= 0.6 is 0 Å². The van der Waals surface area contributed by atoms with Crippen molar-refractivity contribution in [1.82, 2.24) is 15.1 Å². The first-order valence-corrected chi connectivity index (χ1v) is 8.63. The number of carbonyl (C=O) groups is 2. The van der Waals surface area contributed by atoms with Crippen molar-refractivity contribution in [2.45, 2.75) is 12.6 Å². The number of piperazine rings is 1. The highest BCUT2D eigenvalue weighted by atomic mass is 19.1. The predicted octanol–water partition coefficient (Wildman–Crippen LogP) is 1.90. The Balaban J connectivity index is 1.75. The maximum absolute atomic E-state index is 13.1. The second-order valence-corrected chi connectivity index (χ2v) is 6.36. The van der Waals surface area contributed by atoms with Gasteiger partial charge in [0.1, 0.15) is 11.9 Å². The van der Waals surface area contributed by atoms with Gasteiger partial charge in [-0.1, -0.05) is 30.3 Å². The first kappa shape index (κ1) is 18.1. The van der Waals surface area contributed by atoms with E-state index in [2.05, 4.69) is 10.2 Å². The molecule has 6 heteroatoms. The van der Waals surface area contributed by atoms with Crippen LogP contribution in [0, 0.1) is 5.82 Å². The van der Waals surface area contributed by atoms with E-state index in [0.717, 1.165) is 6.54 Å². The molecule has 1 aliphatic heterocycles. The SMILES string of the molecule is CNC(=O)[C@H]1CN(Cc2ccccc2)CCN1C(=O)c1ccc(F)cc1. The zero-order valence-electron chi connectivity index (χ0n) is 14.7. The molecule has 1 atom stereocenters. The van der Waals surface area contributed by atoms with Gasteiger partial charge in [0.2, 0.25) is 5.91 Å². The van der Waals surface area contributed by atoms with E-state index in [9.17, 15) is 14.0 Å². The molecule has 0 aliphatic carbocycles. The summed E-state index contributed by atoms with van der Waals surface area (Å²) < 4.78 is 13.1. The fourth-order valence-electron chi connectivity index (χ4n) is 3.22. The fraction of sp³-hybridized carbons (Fsp3) is 0.300. The van der Waals surface area contributed by atoms with Crippen molar-refractivity contribution in [1.29, 1.82) is 0 Å². The lowest BCUT2D eigenvalue weighted by atomic mass is 10.1. The summed E-state index contributed by atoms with van der Waals surface area (Å²) in [5, 5.41) is 2.65.